The Hall–Kier alpha value is -1.52. The van der Waals surface area contributed by atoms with E-state index in [4.69, 9.17) is 4.52 Å². The predicted octanol–water partition coefficient (Wildman–Crippen LogP) is 2.01. The second kappa shape index (κ2) is 6.27. The summed E-state index contributed by atoms with van der Waals surface area (Å²) in [5.74, 6) is -1.34. The smallest absolute Gasteiger partial charge is 0.468 e. The molecule has 5 nitrogen and oxygen atoms in total. The maximum Gasteiger partial charge on any atom is 0.664 e. The second-order valence-electron chi connectivity index (χ2n) is 3.15. The topological polar surface area (TPSA) is 64.6 Å². The molecule has 1 rings (SSSR count). The van der Waals surface area contributed by atoms with Gasteiger partial charge in [-0.05, 0) is 19.1 Å². The van der Waals surface area contributed by atoms with Gasteiger partial charge in [0.15, 0.2) is 5.82 Å². The van der Waals surface area contributed by atoms with Gasteiger partial charge >= 0.3 is 14.1 Å². The zero-order chi connectivity index (χ0) is 12.8. The van der Waals surface area contributed by atoms with Crippen LogP contribution in [0.2, 0.25) is 0 Å². The van der Waals surface area contributed by atoms with Crippen molar-refractivity contribution in [2.45, 2.75) is 13.0 Å². The standard InChI is InChI=1S/C10H12FNO4P/c1-7(10(13)15-2)12-17(14)16-9-6-4-3-5-8(9)11/h3-7H,1-2H3,(H,12,14)/q+1/t7-/m0/s1. The molecule has 1 unspecified atom stereocenters. The molecule has 7 heteroatoms. The summed E-state index contributed by atoms with van der Waals surface area (Å²) in [6, 6.07) is 4.76. The van der Waals surface area contributed by atoms with Crippen LogP contribution in [-0.2, 0) is 14.1 Å². The molecule has 17 heavy (non-hydrogen) atoms. The van der Waals surface area contributed by atoms with Gasteiger partial charge in [-0.25, -0.2) is 8.91 Å². The summed E-state index contributed by atoms with van der Waals surface area (Å²) in [5.41, 5.74) is 0. The SMILES string of the molecule is COC(=O)[C@H](C)N[P+](=O)Oc1ccccc1F. The number of para-hydroxylation sites is 1. The normalized spacial score (nSPS) is 12.8. The summed E-state index contributed by atoms with van der Waals surface area (Å²) in [7, 11) is -1.18. The summed E-state index contributed by atoms with van der Waals surface area (Å²) in [6.07, 6.45) is 0. The van der Waals surface area contributed by atoms with Crippen molar-refractivity contribution >= 4 is 14.1 Å². The van der Waals surface area contributed by atoms with Gasteiger partial charge in [-0.1, -0.05) is 17.2 Å². The molecule has 0 spiro atoms. The lowest BCUT2D eigenvalue weighted by Gasteiger charge is -2.02. The highest BCUT2D eigenvalue weighted by Gasteiger charge is 2.28. The molecule has 92 valence electrons. The van der Waals surface area contributed by atoms with Gasteiger partial charge in [-0.3, -0.25) is 4.79 Å². The zero-order valence-electron chi connectivity index (χ0n) is 9.34. The molecule has 0 bridgehead atoms. The minimum atomic E-state index is -2.39. The summed E-state index contributed by atoms with van der Waals surface area (Å²) in [4.78, 5) is 11.0. The molecule has 0 saturated heterocycles. The van der Waals surface area contributed by atoms with Crippen molar-refractivity contribution in [2.75, 3.05) is 7.11 Å². The molecule has 1 aromatic carbocycles. The van der Waals surface area contributed by atoms with Gasteiger partial charge in [-0.2, -0.15) is 0 Å². The van der Waals surface area contributed by atoms with E-state index in [1.165, 1.54) is 32.2 Å². The van der Waals surface area contributed by atoms with Crippen molar-refractivity contribution in [2.24, 2.45) is 0 Å². The summed E-state index contributed by atoms with van der Waals surface area (Å²) in [5, 5.41) is 2.35. The number of hydrogen-bond acceptors (Lipinski definition) is 4. The average Bonchev–Trinajstić information content (AvgIpc) is 2.31. The van der Waals surface area contributed by atoms with Gasteiger partial charge in [0, 0.05) is 4.57 Å². The number of ether oxygens (including phenoxy) is 1. The lowest BCUT2D eigenvalue weighted by molar-refractivity contribution is -0.142. The third-order valence-electron chi connectivity index (χ3n) is 1.87. The van der Waals surface area contributed by atoms with Crippen LogP contribution in [-0.4, -0.2) is 19.1 Å². The third-order valence-corrected chi connectivity index (χ3v) is 2.83. The van der Waals surface area contributed by atoms with E-state index >= 15 is 0 Å². The number of hydrogen-bond donors (Lipinski definition) is 1. The summed E-state index contributed by atoms with van der Waals surface area (Å²) in [6.45, 7) is 1.46. The van der Waals surface area contributed by atoms with Crippen LogP contribution in [0.15, 0.2) is 24.3 Å². The van der Waals surface area contributed by atoms with Crippen molar-refractivity contribution in [3.05, 3.63) is 30.1 Å². The van der Waals surface area contributed by atoms with Gasteiger partial charge in [0.25, 0.3) is 0 Å². The first-order valence-electron chi connectivity index (χ1n) is 4.78. The molecule has 1 aromatic rings. The van der Waals surface area contributed by atoms with Crippen LogP contribution in [0.25, 0.3) is 0 Å². The van der Waals surface area contributed by atoms with E-state index in [9.17, 15) is 13.8 Å². The van der Waals surface area contributed by atoms with Gasteiger partial charge in [0.1, 0.15) is 6.04 Å². The maximum absolute atomic E-state index is 13.1. The number of esters is 1. The summed E-state index contributed by atoms with van der Waals surface area (Å²) < 4.78 is 33.8. The van der Waals surface area contributed by atoms with Gasteiger partial charge in [-0.15, -0.1) is 0 Å². The molecule has 1 N–H and O–H groups in total. The molecule has 0 saturated carbocycles. The molecule has 0 radical (unpaired) electrons. The van der Waals surface area contributed by atoms with Crippen molar-refractivity contribution in [3.63, 3.8) is 0 Å². The molecule has 2 atom stereocenters. The molecule has 0 amide bonds. The first-order valence-corrected chi connectivity index (χ1v) is 5.96. The summed E-state index contributed by atoms with van der Waals surface area (Å²) >= 11 is 0. The Labute approximate surface area is 98.8 Å². The van der Waals surface area contributed by atoms with Crippen LogP contribution in [0, 0.1) is 5.82 Å². The number of nitrogens with one attached hydrogen (secondary N) is 1. The fraction of sp³-hybridized carbons (Fsp3) is 0.300. The van der Waals surface area contributed by atoms with Crippen LogP contribution >= 0.6 is 8.18 Å². The van der Waals surface area contributed by atoms with Gasteiger partial charge in [0.05, 0.1) is 7.11 Å². The van der Waals surface area contributed by atoms with E-state index in [2.05, 4.69) is 9.82 Å². The van der Waals surface area contributed by atoms with E-state index < -0.39 is 26.0 Å². The Bertz CT molecular complexity index is 427. The molecular weight excluding hydrogens is 248 g/mol. The molecule has 0 heterocycles. The fourth-order valence-corrected chi connectivity index (χ4v) is 1.82. The van der Waals surface area contributed by atoms with Crippen LogP contribution in [0.5, 0.6) is 5.75 Å². The van der Waals surface area contributed by atoms with E-state index in [1.807, 2.05) is 0 Å². The van der Waals surface area contributed by atoms with E-state index in [1.54, 1.807) is 6.07 Å². The highest BCUT2D eigenvalue weighted by Crippen LogP contribution is 2.26. The minimum Gasteiger partial charge on any atom is -0.468 e. The van der Waals surface area contributed by atoms with E-state index in [0.717, 1.165) is 0 Å². The van der Waals surface area contributed by atoms with Crippen LogP contribution in [0.4, 0.5) is 4.39 Å². The second-order valence-corrected chi connectivity index (χ2v) is 4.11. The lowest BCUT2D eigenvalue weighted by atomic mass is 10.3. The van der Waals surface area contributed by atoms with Crippen LogP contribution < -0.4 is 9.61 Å². The molecule has 0 aliphatic heterocycles. The molecule has 0 aliphatic rings. The average molecular weight is 260 g/mol. The fourth-order valence-electron chi connectivity index (χ4n) is 1.02. The van der Waals surface area contributed by atoms with Crippen molar-refractivity contribution < 1.29 is 23.0 Å². The number of carbonyl (C=O) groups is 1. The zero-order valence-corrected chi connectivity index (χ0v) is 10.2. The van der Waals surface area contributed by atoms with E-state index in [0.29, 0.717) is 0 Å². The highest BCUT2D eigenvalue weighted by molar-refractivity contribution is 7.37. The third kappa shape index (κ3) is 4.09. The Morgan fingerprint density at radius 3 is 2.71 bits per heavy atom. The van der Waals surface area contributed by atoms with Crippen molar-refractivity contribution in [1.82, 2.24) is 5.09 Å². The Kier molecular flexibility index (Phi) is 5.00. The number of carbonyl (C=O) groups excluding carboxylic acids is 1. The Morgan fingerprint density at radius 1 is 1.47 bits per heavy atom. The molecule has 0 aliphatic carbocycles. The Morgan fingerprint density at radius 2 is 2.12 bits per heavy atom. The number of rotatable bonds is 5. The van der Waals surface area contributed by atoms with Crippen molar-refractivity contribution in [1.29, 1.82) is 0 Å². The lowest BCUT2D eigenvalue weighted by Crippen LogP contribution is -2.30. The predicted molar refractivity (Wildman–Crippen MR) is 59.2 cm³/mol. The molecular formula is C10H12FNO4P+. The van der Waals surface area contributed by atoms with Gasteiger partial charge in [0.2, 0.25) is 5.75 Å². The number of benzene rings is 1. The first kappa shape index (κ1) is 13.5. The van der Waals surface area contributed by atoms with Gasteiger partial charge < -0.3 is 4.74 Å². The van der Waals surface area contributed by atoms with Crippen molar-refractivity contribution in [3.8, 4) is 5.75 Å². The Balaban J connectivity index is 2.56. The first-order chi connectivity index (χ1) is 8.04. The quantitative estimate of drug-likeness (QED) is 0.648. The van der Waals surface area contributed by atoms with Crippen LogP contribution in [0.3, 0.4) is 0 Å². The molecule has 0 aromatic heterocycles. The number of methoxy groups -OCH3 is 1. The highest BCUT2D eigenvalue weighted by atomic mass is 31.1. The number of halogens is 1. The van der Waals surface area contributed by atoms with E-state index in [-0.39, 0.29) is 5.75 Å². The largest absolute Gasteiger partial charge is 0.664 e. The monoisotopic (exact) mass is 260 g/mol. The molecule has 0 fully saturated rings. The maximum atomic E-state index is 13.1. The minimum absolute atomic E-state index is 0.141. The van der Waals surface area contributed by atoms with Crippen LogP contribution in [0.1, 0.15) is 6.92 Å².